The first-order valence-electron chi connectivity index (χ1n) is 6.60. The van der Waals surface area contributed by atoms with Crippen LogP contribution in [0.4, 0.5) is 0 Å². The molecule has 0 radical (unpaired) electrons. The van der Waals surface area contributed by atoms with Crippen molar-refractivity contribution >= 4 is 21.4 Å². The number of thiophene rings is 1. The summed E-state index contributed by atoms with van der Waals surface area (Å²) in [6.07, 6.45) is -0.729. The van der Waals surface area contributed by atoms with Crippen LogP contribution in [0.15, 0.2) is 47.8 Å². The number of hydrogen-bond acceptors (Lipinski definition) is 4. The maximum atomic E-state index is 10.8. The lowest BCUT2D eigenvalue weighted by Crippen LogP contribution is -2.03. The van der Waals surface area contributed by atoms with Gasteiger partial charge in [0, 0.05) is 21.9 Å². The van der Waals surface area contributed by atoms with Crippen molar-refractivity contribution in [1.82, 2.24) is 0 Å². The number of aliphatic hydroxyl groups is 1. The van der Waals surface area contributed by atoms with Crippen molar-refractivity contribution in [3.8, 4) is 11.5 Å². The minimum atomic E-state index is -0.729. The first-order chi connectivity index (χ1) is 10.2. The van der Waals surface area contributed by atoms with E-state index in [9.17, 15) is 5.11 Å². The van der Waals surface area contributed by atoms with Gasteiger partial charge in [0.25, 0.3) is 0 Å². The van der Waals surface area contributed by atoms with Gasteiger partial charge in [-0.2, -0.15) is 0 Å². The maximum Gasteiger partial charge on any atom is 0.128 e. The van der Waals surface area contributed by atoms with Gasteiger partial charge in [0.2, 0.25) is 0 Å². The summed E-state index contributed by atoms with van der Waals surface area (Å²) in [7, 11) is 3.20. The highest BCUT2D eigenvalue weighted by Gasteiger charge is 2.18. The van der Waals surface area contributed by atoms with Crippen molar-refractivity contribution in [3.63, 3.8) is 0 Å². The van der Waals surface area contributed by atoms with Crippen molar-refractivity contribution in [3.05, 3.63) is 59.0 Å². The van der Waals surface area contributed by atoms with E-state index < -0.39 is 6.10 Å². The lowest BCUT2D eigenvalue weighted by Gasteiger charge is -2.16. The van der Waals surface area contributed by atoms with Gasteiger partial charge < -0.3 is 14.6 Å². The van der Waals surface area contributed by atoms with Crippen molar-refractivity contribution in [2.75, 3.05) is 14.2 Å². The fourth-order valence-corrected chi connectivity index (χ4v) is 3.38. The molecule has 4 heteroatoms. The standard InChI is InChI=1S/C17H16O3S/c1-19-12-6-7-13(15(10-12)20-2)16(18)14-5-3-4-11-8-9-21-17(11)14/h3-10,16,18H,1-2H3. The molecule has 0 aliphatic heterocycles. The molecule has 0 saturated heterocycles. The molecular formula is C17H16O3S. The Morgan fingerprint density at radius 3 is 2.62 bits per heavy atom. The minimum Gasteiger partial charge on any atom is -0.497 e. The normalized spacial score (nSPS) is 12.3. The molecule has 0 amide bonds. The molecule has 0 spiro atoms. The predicted octanol–water partition coefficient (Wildman–Crippen LogP) is 4.00. The van der Waals surface area contributed by atoms with Crippen LogP contribution in [0.3, 0.4) is 0 Å². The number of fused-ring (bicyclic) bond motifs is 1. The number of ether oxygens (including phenoxy) is 2. The molecule has 0 aliphatic rings. The highest BCUT2D eigenvalue weighted by Crippen LogP contribution is 2.37. The highest BCUT2D eigenvalue weighted by atomic mass is 32.1. The zero-order valence-electron chi connectivity index (χ0n) is 11.9. The van der Waals surface area contributed by atoms with Gasteiger partial charge in [-0.3, -0.25) is 0 Å². The van der Waals surface area contributed by atoms with E-state index in [1.54, 1.807) is 31.6 Å². The second kappa shape index (κ2) is 5.76. The average molecular weight is 300 g/mol. The summed E-state index contributed by atoms with van der Waals surface area (Å²) in [5.41, 5.74) is 1.63. The van der Waals surface area contributed by atoms with Crippen LogP contribution < -0.4 is 9.47 Å². The summed E-state index contributed by atoms with van der Waals surface area (Å²) in [5.74, 6) is 1.33. The van der Waals surface area contributed by atoms with Gasteiger partial charge in [0.15, 0.2) is 0 Å². The van der Waals surface area contributed by atoms with Gasteiger partial charge in [-0.15, -0.1) is 11.3 Å². The third kappa shape index (κ3) is 2.48. The van der Waals surface area contributed by atoms with Gasteiger partial charge in [-0.1, -0.05) is 18.2 Å². The van der Waals surface area contributed by atoms with Crippen molar-refractivity contribution < 1.29 is 14.6 Å². The Balaban J connectivity index is 2.09. The molecule has 1 aromatic heterocycles. The first-order valence-corrected chi connectivity index (χ1v) is 7.48. The number of aliphatic hydroxyl groups excluding tert-OH is 1. The van der Waals surface area contributed by atoms with Gasteiger partial charge >= 0.3 is 0 Å². The third-order valence-corrected chi connectivity index (χ3v) is 4.52. The molecule has 1 unspecified atom stereocenters. The second-order valence-electron chi connectivity index (χ2n) is 4.70. The van der Waals surface area contributed by atoms with E-state index in [1.807, 2.05) is 35.7 Å². The van der Waals surface area contributed by atoms with E-state index in [1.165, 1.54) is 0 Å². The Morgan fingerprint density at radius 2 is 1.86 bits per heavy atom. The van der Waals surface area contributed by atoms with Gasteiger partial charge in [0.05, 0.1) is 14.2 Å². The van der Waals surface area contributed by atoms with Crippen LogP contribution in [0.25, 0.3) is 10.1 Å². The quantitative estimate of drug-likeness (QED) is 0.791. The molecule has 21 heavy (non-hydrogen) atoms. The Labute approximate surface area is 127 Å². The zero-order valence-corrected chi connectivity index (χ0v) is 12.7. The Morgan fingerprint density at radius 1 is 1.00 bits per heavy atom. The summed E-state index contributed by atoms with van der Waals surface area (Å²) >= 11 is 1.63. The van der Waals surface area contributed by atoms with E-state index in [0.29, 0.717) is 11.5 Å². The molecule has 1 heterocycles. The molecule has 3 rings (SSSR count). The van der Waals surface area contributed by atoms with Crippen LogP contribution in [0, 0.1) is 0 Å². The smallest absolute Gasteiger partial charge is 0.128 e. The summed E-state index contributed by atoms with van der Waals surface area (Å²) in [4.78, 5) is 0. The van der Waals surface area contributed by atoms with Crippen LogP contribution in [-0.2, 0) is 0 Å². The molecule has 108 valence electrons. The fraction of sp³-hybridized carbons (Fsp3) is 0.176. The van der Waals surface area contributed by atoms with Gasteiger partial charge in [-0.05, 0) is 29.0 Å². The highest BCUT2D eigenvalue weighted by molar-refractivity contribution is 7.17. The Hall–Kier alpha value is -2.04. The van der Waals surface area contributed by atoms with Crippen LogP contribution >= 0.6 is 11.3 Å². The number of methoxy groups -OCH3 is 2. The average Bonchev–Trinajstić information content (AvgIpc) is 3.02. The SMILES string of the molecule is COc1ccc(C(O)c2cccc3ccsc23)c(OC)c1. The monoisotopic (exact) mass is 300 g/mol. The van der Waals surface area contributed by atoms with E-state index in [2.05, 4.69) is 6.07 Å². The van der Waals surface area contributed by atoms with E-state index in [0.717, 1.165) is 21.2 Å². The zero-order chi connectivity index (χ0) is 14.8. The molecule has 3 aromatic rings. The Bertz CT molecular complexity index is 764. The molecular weight excluding hydrogens is 284 g/mol. The fourth-order valence-electron chi connectivity index (χ4n) is 2.44. The van der Waals surface area contributed by atoms with Crippen molar-refractivity contribution in [1.29, 1.82) is 0 Å². The van der Waals surface area contributed by atoms with E-state index >= 15 is 0 Å². The summed E-state index contributed by atoms with van der Waals surface area (Å²) in [6, 6.07) is 13.5. The summed E-state index contributed by atoms with van der Waals surface area (Å²) in [5, 5.41) is 13.9. The van der Waals surface area contributed by atoms with Crippen LogP contribution in [0.2, 0.25) is 0 Å². The van der Waals surface area contributed by atoms with Crippen molar-refractivity contribution in [2.45, 2.75) is 6.10 Å². The molecule has 2 aromatic carbocycles. The van der Waals surface area contributed by atoms with E-state index in [4.69, 9.17) is 9.47 Å². The largest absolute Gasteiger partial charge is 0.497 e. The van der Waals surface area contributed by atoms with Crippen LogP contribution in [-0.4, -0.2) is 19.3 Å². The first kappa shape index (κ1) is 13.9. The molecule has 1 atom stereocenters. The number of benzene rings is 2. The lowest BCUT2D eigenvalue weighted by atomic mass is 9.99. The number of hydrogen-bond donors (Lipinski definition) is 1. The van der Waals surface area contributed by atoms with Crippen LogP contribution in [0.1, 0.15) is 17.2 Å². The topological polar surface area (TPSA) is 38.7 Å². The molecule has 3 nitrogen and oxygen atoms in total. The summed E-state index contributed by atoms with van der Waals surface area (Å²) in [6.45, 7) is 0. The Kier molecular flexibility index (Phi) is 3.82. The maximum absolute atomic E-state index is 10.8. The minimum absolute atomic E-state index is 0.621. The molecule has 1 N–H and O–H groups in total. The molecule has 0 bridgehead atoms. The van der Waals surface area contributed by atoms with Gasteiger partial charge in [0.1, 0.15) is 17.6 Å². The van der Waals surface area contributed by atoms with Gasteiger partial charge in [-0.25, -0.2) is 0 Å². The lowest BCUT2D eigenvalue weighted by molar-refractivity contribution is 0.216. The number of rotatable bonds is 4. The molecule has 0 fully saturated rings. The van der Waals surface area contributed by atoms with E-state index in [-0.39, 0.29) is 0 Å². The second-order valence-corrected chi connectivity index (χ2v) is 5.61. The van der Waals surface area contributed by atoms with Crippen molar-refractivity contribution in [2.24, 2.45) is 0 Å². The third-order valence-electron chi connectivity index (χ3n) is 3.54. The molecule has 0 saturated carbocycles. The molecule has 0 aliphatic carbocycles. The van der Waals surface area contributed by atoms with Crippen LogP contribution in [0.5, 0.6) is 11.5 Å². The summed E-state index contributed by atoms with van der Waals surface area (Å²) < 4.78 is 11.7. The predicted molar refractivity (Wildman–Crippen MR) is 85.4 cm³/mol.